The summed E-state index contributed by atoms with van der Waals surface area (Å²) in [5, 5.41) is 2.74. The average Bonchev–Trinajstić information content (AvgIpc) is 2.47. The quantitative estimate of drug-likeness (QED) is 0.859. The topological polar surface area (TPSA) is 38.3 Å². The van der Waals surface area contributed by atoms with Crippen LogP contribution in [0, 0.1) is 11.6 Å². The van der Waals surface area contributed by atoms with Crippen LogP contribution in [0.1, 0.15) is 10.4 Å². The molecule has 2 aromatic carbocycles. The molecule has 0 saturated heterocycles. The lowest BCUT2D eigenvalue weighted by atomic mass is 10.2. The third-order valence-electron chi connectivity index (χ3n) is 2.65. The number of nitrogens with one attached hydrogen (secondary N) is 1. The SMILES string of the molecule is O=C(NCCOc1ccccc1F)c1cc(Cl)ccc1F. The third-order valence-corrected chi connectivity index (χ3v) is 2.89. The lowest BCUT2D eigenvalue weighted by molar-refractivity contribution is 0.0942. The van der Waals surface area contributed by atoms with E-state index in [1.165, 1.54) is 24.3 Å². The lowest BCUT2D eigenvalue weighted by Gasteiger charge is -2.09. The molecular weight excluding hydrogens is 300 g/mol. The second-order valence-electron chi connectivity index (χ2n) is 4.16. The highest BCUT2D eigenvalue weighted by Gasteiger charge is 2.11. The molecular formula is C15H12ClF2NO2. The summed E-state index contributed by atoms with van der Waals surface area (Å²) in [6.45, 7) is 0.175. The average molecular weight is 312 g/mol. The third kappa shape index (κ3) is 4.16. The Morgan fingerprint density at radius 1 is 1.14 bits per heavy atom. The molecule has 0 aliphatic heterocycles. The van der Waals surface area contributed by atoms with Gasteiger partial charge in [0.05, 0.1) is 12.1 Å². The van der Waals surface area contributed by atoms with E-state index in [0.717, 1.165) is 6.07 Å². The fourth-order valence-electron chi connectivity index (χ4n) is 1.65. The smallest absolute Gasteiger partial charge is 0.254 e. The normalized spacial score (nSPS) is 10.2. The molecule has 2 aromatic rings. The van der Waals surface area contributed by atoms with Crippen LogP contribution in [0.15, 0.2) is 42.5 Å². The Hall–Kier alpha value is -2.14. The van der Waals surface area contributed by atoms with Gasteiger partial charge < -0.3 is 10.1 Å². The van der Waals surface area contributed by atoms with Crippen molar-refractivity contribution in [3.05, 3.63) is 64.7 Å². The van der Waals surface area contributed by atoms with Crippen molar-refractivity contribution < 1.29 is 18.3 Å². The molecule has 0 heterocycles. The summed E-state index contributed by atoms with van der Waals surface area (Å²) >= 11 is 5.71. The second kappa shape index (κ2) is 7.04. The maximum Gasteiger partial charge on any atom is 0.254 e. The fraction of sp³-hybridized carbons (Fsp3) is 0.133. The molecule has 1 N–H and O–H groups in total. The predicted molar refractivity (Wildman–Crippen MR) is 75.6 cm³/mol. The lowest BCUT2D eigenvalue weighted by Crippen LogP contribution is -2.28. The molecule has 0 bridgehead atoms. The highest BCUT2D eigenvalue weighted by Crippen LogP contribution is 2.16. The minimum Gasteiger partial charge on any atom is -0.489 e. The number of hydrogen-bond donors (Lipinski definition) is 1. The van der Waals surface area contributed by atoms with Crippen LogP contribution in [-0.4, -0.2) is 19.1 Å². The Kier molecular flexibility index (Phi) is 5.11. The molecule has 2 rings (SSSR count). The Labute approximate surface area is 125 Å². The van der Waals surface area contributed by atoms with E-state index in [0.29, 0.717) is 0 Å². The molecule has 110 valence electrons. The summed E-state index contributed by atoms with van der Waals surface area (Å²) in [6.07, 6.45) is 0. The number of halogens is 3. The number of carbonyl (C=O) groups excluding carboxylic acids is 1. The van der Waals surface area contributed by atoms with Crippen molar-refractivity contribution in [1.82, 2.24) is 5.32 Å². The van der Waals surface area contributed by atoms with Gasteiger partial charge in [0.15, 0.2) is 11.6 Å². The minimum absolute atomic E-state index is 0.0643. The first-order valence-corrected chi connectivity index (χ1v) is 6.56. The number of ether oxygens (including phenoxy) is 1. The molecule has 0 radical (unpaired) electrons. The van der Waals surface area contributed by atoms with Crippen molar-refractivity contribution in [2.75, 3.05) is 13.2 Å². The van der Waals surface area contributed by atoms with Gasteiger partial charge in [-0.05, 0) is 30.3 Å². The number of carbonyl (C=O) groups is 1. The number of benzene rings is 2. The standard InChI is InChI=1S/C15H12ClF2NO2/c16-10-5-6-12(17)11(9-10)15(20)19-7-8-21-14-4-2-1-3-13(14)18/h1-6,9H,7-8H2,(H,19,20). The van der Waals surface area contributed by atoms with Crippen LogP contribution in [0.4, 0.5) is 8.78 Å². The molecule has 0 aliphatic carbocycles. The molecule has 0 aliphatic rings. The van der Waals surface area contributed by atoms with E-state index in [-0.39, 0.29) is 29.5 Å². The molecule has 3 nitrogen and oxygen atoms in total. The van der Waals surface area contributed by atoms with Crippen LogP contribution in [0.2, 0.25) is 5.02 Å². The Morgan fingerprint density at radius 3 is 2.67 bits per heavy atom. The molecule has 0 aromatic heterocycles. The van der Waals surface area contributed by atoms with E-state index in [2.05, 4.69) is 5.32 Å². The van der Waals surface area contributed by atoms with Crippen LogP contribution in [-0.2, 0) is 0 Å². The van der Waals surface area contributed by atoms with E-state index >= 15 is 0 Å². The van der Waals surface area contributed by atoms with E-state index in [4.69, 9.17) is 16.3 Å². The predicted octanol–water partition coefficient (Wildman–Crippen LogP) is 3.43. The zero-order valence-corrected chi connectivity index (χ0v) is 11.7. The van der Waals surface area contributed by atoms with Crippen LogP contribution in [0.5, 0.6) is 5.75 Å². The number of amides is 1. The summed E-state index contributed by atoms with van der Waals surface area (Å²) in [5.74, 6) is -1.65. The van der Waals surface area contributed by atoms with Gasteiger partial charge in [0.1, 0.15) is 12.4 Å². The molecule has 1 amide bonds. The molecule has 0 atom stereocenters. The number of para-hydroxylation sites is 1. The Bertz CT molecular complexity index is 649. The molecule has 21 heavy (non-hydrogen) atoms. The van der Waals surface area contributed by atoms with E-state index in [1.807, 2.05) is 0 Å². The maximum absolute atomic E-state index is 13.4. The van der Waals surface area contributed by atoms with E-state index in [1.54, 1.807) is 12.1 Å². The number of rotatable bonds is 5. The molecule has 0 fully saturated rings. The number of hydrogen-bond acceptors (Lipinski definition) is 2. The molecule has 6 heteroatoms. The van der Waals surface area contributed by atoms with Gasteiger partial charge in [-0.15, -0.1) is 0 Å². The van der Waals surface area contributed by atoms with Crippen molar-refractivity contribution >= 4 is 17.5 Å². The highest BCUT2D eigenvalue weighted by atomic mass is 35.5. The highest BCUT2D eigenvalue weighted by molar-refractivity contribution is 6.30. The molecule has 0 saturated carbocycles. The van der Waals surface area contributed by atoms with Crippen molar-refractivity contribution in [3.8, 4) is 5.75 Å². The zero-order valence-electron chi connectivity index (χ0n) is 10.9. The van der Waals surface area contributed by atoms with Gasteiger partial charge in [0.25, 0.3) is 5.91 Å². The van der Waals surface area contributed by atoms with Crippen LogP contribution in [0.3, 0.4) is 0 Å². The monoisotopic (exact) mass is 311 g/mol. The Morgan fingerprint density at radius 2 is 1.90 bits per heavy atom. The fourth-order valence-corrected chi connectivity index (χ4v) is 1.83. The second-order valence-corrected chi connectivity index (χ2v) is 4.60. The van der Waals surface area contributed by atoms with Crippen LogP contribution >= 0.6 is 11.6 Å². The maximum atomic E-state index is 13.4. The minimum atomic E-state index is -0.660. The first kappa shape index (κ1) is 15.3. The van der Waals surface area contributed by atoms with Gasteiger partial charge in [-0.2, -0.15) is 0 Å². The van der Waals surface area contributed by atoms with Crippen LogP contribution in [0.25, 0.3) is 0 Å². The van der Waals surface area contributed by atoms with Gasteiger partial charge in [-0.25, -0.2) is 8.78 Å². The van der Waals surface area contributed by atoms with Crippen molar-refractivity contribution in [1.29, 1.82) is 0 Å². The first-order valence-electron chi connectivity index (χ1n) is 6.18. The van der Waals surface area contributed by atoms with Crippen molar-refractivity contribution in [2.24, 2.45) is 0 Å². The largest absolute Gasteiger partial charge is 0.489 e. The summed E-state index contributed by atoms with van der Waals surface area (Å²) in [5.41, 5.74) is -0.145. The molecule has 0 spiro atoms. The molecule has 0 unspecified atom stereocenters. The zero-order chi connectivity index (χ0) is 15.2. The first-order chi connectivity index (χ1) is 10.1. The Balaban J connectivity index is 1.85. The summed E-state index contributed by atoms with van der Waals surface area (Å²) < 4.78 is 31.9. The summed E-state index contributed by atoms with van der Waals surface area (Å²) in [4.78, 5) is 11.8. The van der Waals surface area contributed by atoms with Gasteiger partial charge in [-0.3, -0.25) is 4.79 Å². The van der Waals surface area contributed by atoms with E-state index < -0.39 is 17.5 Å². The summed E-state index contributed by atoms with van der Waals surface area (Å²) in [7, 11) is 0. The van der Waals surface area contributed by atoms with Crippen LogP contribution < -0.4 is 10.1 Å². The van der Waals surface area contributed by atoms with Gasteiger partial charge in [-0.1, -0.05) is 23.7 Å². The van der Waals surface area contributed by atoms with Gasteiger partial charge in [0, 0.05) is 5.02 Å². The van der Waals surface area contributed by atoms with E-state index in [9.17, 15) is 13.6 Å². The van der Waals surface area contributed by atoms with Crippen molar-refractivity contribution in [2.45, 2.75) is 0 Å². The van der Waals surface area contributed by atoms with Gasteiger partial charge >= 0.3 is 0 Å². The van der Waals surface area contributed by atoms with Crippen molar-refractivity contribution in [3.63, 3.8) is 0 Å². The summed E-state index contributed by atoms with van der Waals surface area (Å²) in [6, 6.07) is 9.65. The van der Waals surface area contributed by atoms with Gasteiger partial charge in [0.2, 0.25) is 0 Å².